The van der Waals surface area contributed by atoms with Gasteiger partial charge in [-0.3, -0.25) is 9.69 Å². The van der Waals surface area contributed by atoms with Gasteiger partial charge in [-0.25, -0.2) is 0 Å². The van der Waals surface area contributed by atoms with Crippen molar-refractivity contribution in [3.8, 4) is 5.75 Å². The lowest BCUT2D eigenvalue weighted by Crippen LogP contribution is -2.56. The zero-order valence-electron chi connectivity index (χ0n) is 15.9. The maximum Gasteiger partial charge on any atom is 0.255 e. The van der Waals surface area contributed by atoms with Crippen molar-refractivity contribution in [3.05, 3.63) is 65.7 Å². The van der Waals surface area contributed by atoms with Crippen molar-refractivity contribution in [2.45, 2.75) is 56.8 Å². The molecule has 0 radical (unpaired) electrons. The summed E-state index contributed by atoms with van der Waals surface area (Å²) in [6, 6.07) is 19.5. The predicted molar refractivity (Wildman–Crippen MR) is 107 cm³/mol. The molecule has 0 aromatic heterocycles. The number of carbonyl (C=O) groups excluding carboxylic acids is 1. The van der Waals surface area contributed by atoms with E-state index in [-0.39, 0.29) is 11.9 Å². The van der Waals surface area contributed by atoms with Crippen molar-refractivity contribution in [2.24, 2.45) is 0 Å². The number of amides is 1. The molecule has 2 fully saturated rings. The average Bonchev–Trinajstić information content (AvgIpc) is 2.69. The van der Waals surface area contributed by atoms with Gasteiger partial charge in [0.15, 0.2) is 0 Å². The summed E-state index contributed by atoms with van der Waals surface area (Å²) in [5.74, 6) is 0.615. The van der Waals surface area contributed by atoms with E-state index in [1.807, 2.05) is 24.3 Å². The Hall–Kier alpha value is -2.33. The van der Waals surface area contributed by atoms with E-state index >= 15 is 0 Å². The van der Waals surface area contributed by atoms with E-state index in [1.165, 1.54) is 24.8 Å². The molecule has 3 atom stereocenters. The molecule has 2 aromatic carbocycles. The van der Waals surface area contributed by atoms with Crippen LogP contribution in [0.2, 0.25) is 0 Å². The number of hydrogen-bond donors (Lipinski definition) is 1. The molecule has 1 N–H and O–H groups in total. The van der Waals surface area contributed by atoms with E-state index in [4.69, 9.17) is 4.74 Å². The zero-order valence-corrected chi connectivity index (χ0v) is 15.9. The van der Waals surface area contributed by atoms with E-state index in [1.54, 1.807) is 7.11 Å². The predicted octanol–water partition coefficient (Wildman–Crippen LogP) is 4.01. The molecule has 4 nitrogen and oxygen atoms in total. The van der Waals surface area contributed by atoms with Gasteiger partial charge < -0.3 is 10.1 Å². The maximum absolute atomic E-state index is 12.8. The summed E-state index contributed by atoms with van der Waals surface area (Å²) < 4.78 is 5.34. The highest BCUT2D eigenvalue weighted by Gasteiger charge is 2.38. The fourth-order valence-corrected chi connectivity index (χ4v) is 4.74. The standard InChI is InChI=1S/C23H28N2O2/c1-27-22-13-6-5-12-21(22)23(26)24-18-14-19-10-7-11-20(15-18)25(19)16-17-8-3-2-4-9-17/h2-6,8-9,12-13,18-20H,7,10-11,14-16H2,1H3,(H,24,26)/t18?,19-,20+. The third-order valence-electron chi connectivity index (χ3n) is 6.02. The lowest BCUT2D eigenvalue weighted by atomic mass is 9.81. The highest BCUT2D eigenvalue weighted by atomic mass is 16.5. The topological polar surface area (TPSA) is 41.6 Å². The Balaban J connectivity index is 1.43. The van der Waals surface area contributed by atoms with Gasteiger partial charge in [0.05, 0.1) is 12.7 Å². The summed E-state index contributed by atoms with van der Waals surface area (Å²) in [6.07, 6.45) is 5.82. The van der Waals surface area contributed by atoms with E-state index in [0.29, 0.717) is 23.4 Å². The summed E-state index contributed by atoms with van der Waals surface area (Å²) in [6.45, 7) is 1.02. The van der Waals surface area contributed by atoms with Crippen LogP contribution in [0.15, 0.2) is 54.6 Å². The lowest BCUT2D eigenvalue weighted by Gasteiger charge is -2.49. The third-order valence-corrected chi connectivity index (χ3v) is 6.02. The number of para-hydroxylation sites is 1. The Bertz CT molecular complexity index is 763. The Labute approximate surface area is 161 Å². The molecule has 2 aliphatic rings. The number of benzene rings is 2. The summed E-state index contributed by atoms with van der Waals surface area (Å²) in [5, 5.41) is 3.28. The molecule has 4 rings (SSSR count). The number of nitrogens with zero attached hydrogens (tertiary/aromatic N) is 1. The van der Waals surface area contributed by atoms with Crippen LogP contribution in [-0.2, 0) is 6.54 Å². The molecule has 2 saturated heterocycles. The van der Waals surface area contributed by atoms with Gasteiger partial charge in [-0.1, -0.05) is 48.9 Å². The molecule has 4 heteroatoms. The summed E-state index contributed by atoms with van der Waals surface area (Å²) in [4.78, 5) is 15.5. The van der Waals surface area contributed by atoms with Crippen molar-refractivity contribution in [3.63, 3.8) is 0 Å². The van der Waals surface area contributed by atoms with E-state index < -0.39 is 0 Å². The van der Waals surface area contributed by atoms with Gasteiger partial charge in [-0.2, -0.15) is 0 Å². The van der Waals surface area contributed by atoms with Crippen LogP contribution >= 0.6 is 0 Å². The SMILES string of the molecule is COc1ccccc1C(=O)NC1C[C@H]2CCC[C@@H](C1)N2Cc1ccccc1. The van der Waals surface area contributed by atoms with Crippen molar-refractivity contribution in [1.82, 2.24) is 10.2 Å². The van der Waals surface area contributed by atoms with Gasteiger partial charge in [0.2, 0.25) is 0 Å². The highest BCUT2D eigenvalue weighted by Crippen LogP contribution is 2.35. The molecule has 27 heavy (non-hydrogen) atoms. The smallest absolute Gasteiger partial charge is 0.255 e. The molecule has 2 heterocycles. The average molecular weight is 364 g/mol. The van der Waals surface area contributed by atoms with Crippen LogP contribution in [0.25, 0.3) is 0 Å². The highest BCUT2D eigenvalue weighted by molar-refractivity contribution is 5.97. The number of ether oxygens (including phenoxy) is 1. The first kappa shape index (κ1) is 18.1. The molecule has 2 bridgehead atoms. The van der Waals surface area contributed by atoms with Crippen molar-refractivity contribution in [1.29, 1.82) is 0 Å². The number of hydrogen-bond acceptors (Lipinski definition) is 3. The van der Waals surface area contributed by atoms with E-state index in [2.05, 4.69) is 40.5 Å². The van der Waals surface area contributed by atoms with E-state index in [9.17, 15) is 4.79 Å². The molecule has 1 unspecified atom stereocenters. The number of methoxy groups -OCH3 is 1. The number of carbonyl (C=O) groups is 1. The molecular formula is C23H28N2O2. The van der Waals surface area contributed by atoms with Crippen molar-refractivity contribution >= 4 is 5.91 Å². The summed E-state index contributed by atoms with van der Waals surface area (Å²) in [7, 11) is 1.61. The Morgan fingerprint density at radius 2 is 1.70 bits per heavy atom. The van der Waals surface area contributed by atoms with Crippen LogP contribution in [0.3, 0.4) is 0 Å². The quantitative estimate of drug-likeness (QED) is 0.872. The van der Waals surface area contributed by atoms with Gasteiger partial charge >= 0.3 is 0 Å². The van der Waals surface area contributed by atoms with Gasteiger partial charge in [-0.05, 0) is 43.4 Å². The number of fused-ring (bicyclic) bond motifs is 2. The molecule has 0 spiro atoms. The number of rotatable bonds is 5. The molecule has 0 saturated carbocycles. The number of piperidine rings is 2. The lowest BCUT2D eigenvalue weighted by molar-refractivity contribution is 0.0177. The van der Waals surface area contributed by atoms with Crippen LogP contribution in [0.5, 0.6) is 5.75 Å². The molecule has 1 amide bonds. The normalized spacial score (nSPS) is 25.0. The Morgan fingerprint density at radius 3 is 2.41 bits per heavy atom. The van der Waals surface area contributed by atoms with Crippen molar-refractivity contribution in [2.75, 3.05) is 7.11 Å². The van der Waals surface area contributed by atoms with Gasteiger partial charge in [0.1, 0.15) is 5.75 Å². The second-order valence-corrected chi connectivity index (χ2v) is 7.74. The van der Waals surface area contributed by atoms with Crippen LogP contribution in [0.1, 0.15) is 48.0 Å². The van der Waals surface area contributed by atoms with Gasteiger partial charge in [0.25, 0.3) is 5.91 Å². The minimum absolute atomic E-state index is 0.0213. The second kappa shape index (κ2) is 8.13. The maximum atomic E-state index is 12.8. The van der Waals surface area contributed by atoms with E-state index in [0.717, 1.165) is 19.4 Å². The summed E-state index contributed by atoms with van der Waals surface area (Å²) >= 11 is 0. The molecular weight excluding hydrogens is 336 g/mol. The first-order valence-electron chi connectivity index (χ1n) is 9.98. The Kier molecular flexibility index (Phi) is 5.44. The van der Waals surface area contributed by atoms with Gasteiger partial charge in [-0.15, -0.1) is 0 Å². The minimum atomic E-state index is -0.0213. The first-order chi connectivity index (χ1) is 13.2. The molecule has 2 aromatic rings. The monoisotopic (exact) mass is 364 g/mol. The van der Waals surface area contributed by atoms with Crippen molar-refractivity contribution < 1.29 is 9.53 Å². The number of nitrogens with one attached hydrogen (secondary N) is 1. The first-order valence-corrected chi connectivity index (χ1v) is 9.98. The van der Waals surface area contributed by atoms with Crippen LogP contribution < -0.4 is 10.1 Å². The largest absolute Gasteiger partial charge is 0.496 e. The molecule has 142 valence electrons. The van der Waals surface area contributed by atoms with Gasteiger partial charge in [0, 0.05) is 24.7 Å². The van der Waals surface area contributed by atoms with Crippen LogP contribution in [0.4, 0.5) is 0 Å². The minimum Gasteiger partial charge on any atom is -0.496 e. The summed E-state index contributed by atoms with van der Waals surface area (Å²) in [5.41, 5.74) is 2.00. The Morgan fingerprint density at radius 1 is 1.04 bits per heavy atom. The van der Waals surface area contributed by atoms with Crippen LogP contribution in [-0.4, -0.2) is 36.0 Å². The second-order valence-electron chi connectivity index (χ2n) is 7.74. The fraction of sp³-hybridized carbons (Fsp3) is 0.435. The zero-order chi connectivity index (χ0) is 18.6. The fourth-order valence-electron chi connectivity index (χ4n) is 4.74. The molecule has 2 aliphatic heterocycles. The van der Waals surface area contributed by atoms with Crippen LogP contribution in [0, 0.1) is 0 Å². The third kappa shape index (κ3) is 4.01. The molecule has 0 aliphatic carbocycles.